The van der Waals surface area contributed by atoms with E-state index < -0.39 is 5.97 Å². The maximum Gasteiger partial charge on any atom is 0.340 e. The van der Waals surface area contributed by atoms with Gasteiger partial charge < -0.3 is 15.8 Å². The van der Waals surface area contributed by atoms with Crippen molar-refractivity contribution in [2.24, 2.45) is 0 Å². The van der Waals surface area contributed by atoms with E-state index in [-0.39, 0.29) is 11.3 Å². The molecule has 0 aliphatic rings. The van der Waals surface area contributed by atoms with E-state index >= 15 is 0 Å². The van der Waals surface area contributed by atoms with Crippen LogP contribution in [0, 0.1) is 3.57 Å². The fraction of sp³-hybridized carbons (Fsp3) is 0.0769. The first-order chi connectivity index (χ1) is 9.52. The zero-order valence-electron chi connectivity index (χ0n) is 10.5. The van der Waals surface area contributed by atoms with Gasteiger partial charge in [0.25, 0.3) is 0 Å². The summed E-state index contributed by atoms with van der Waals surface area (Å²) in [7, 11) is 1.30. The molecule has 0 saturated heterocycles. The standard InChI is InChI=1S/C13H11ClIN3O2/c1-20-13(19)8-4-5-17-12(11(8)16)18-10-3-2-7(14)6-9(10)15/h2-6H,16H2,1H3,(H,17,18). The Labute approximate surface area is 134 Å². The Bertz CT molecular complexity index is 664. The second kappa shape index (κ2) is 6.27. The first-order valence-corrected chi connectivity index (χ1v) is 7.03. The van der Waals surface area contributed by atoms with Gasteiger partial charge in [0.05, 0.1) is 24.0 Å². The monoisotopic (exact) mass is 403 g/mol. The summed E-state index contributed by atoms with van der Waals surface area (Å²) >= 11 is 8.05. The van der Waals surface area contributed by atoms with Gasteiger partial charge in [0, 0.05) is 14.8 Å². The molecule has 3 N–H and O–H groups in total. The molecule has 0 spiro atoms. The predicted molar refractivity (Wildman–Crippen MR) is 87.4 cm³/mol. The number of rotatable bonds is 3. The van der Waals surface area contributed by atoms with Crippen molar-refractivity contribution in [2.75, 3.05) is 18.2 Å². The summed E-state index contributed by atoms with van der Waals surface area (Å²) in [5.74, 6) is -0.105. The largest absolute Gasteiger partial charge is 0.465 e. The van der Waals surface area contributed by atoms with Crippen LogP contribution < -0.4 is 11.1 Å². The van der Waals surface area contributed by atoms with Crippen LogP contribution in [0.4, 0.5) is 17.2 Å². The van der Waals surface area contributed by atoms with Crippen LogP contribution in [0.25, 0.3) is 0 Å². The number of methoxy groups -OCH3 is 1. The van der Waals surface area contributed by atoms with Gasteiger partial charge in [-0.15, -0.1) is 0 Å². The minimum Gasteiger partial charge on any atom is -0.465 e. The molecule has 0 radical (unpaired) electrons. The molecule has 0 bridgehead atoms. The number of nitrogens with two attached hydrogens (primary N) is 1. The smallest absolute Gasteiger partial charge is 0.340 e. The SMILES string of the molecule is COC(=O)c1ccnc(Nc2ccc(Cl)cc2I)c1N. The summed E-state index contributed by atoms with van der Waals surface area (Å²) in [4.78, 5) is 15.7. The van der Waals surface area contributed by atoms with Crippen LogP contribution in [-0.2, 0) is 4.74 Å². The molecule has 0 aliphatic carbocycles. The maximum atomic E-state index is 11.6. The van der Waals surface area contributed by atoms with Crippen molar-refractivity contribution in [3.8, 4) is 0 Å². The molecule has 1 aromatic carbocycles. The topological polar surface area (TPSA) is 77.2 Å². The van der Waals surface area contributed by atoms with Crippen LogP contribution in [0.2, 0.25) is 5.02 Å². The van der Waals surface area contributed by atoms with Crippen molar-refractivity contribution in [1.29, 1.82) is 0 Å². The summed E-state index contributed by atoms with van der Waals surface area (Å²) in [6, 6.07) is 6.90. The number of halogens is 2. The number of anilines is 3. The van der Waals surface area contributed by atoms with E-state index in [4.69, 9.17) is 17.3 Å². The third kappa shape index (κ3) is 3.13. The number of pyridine rings is 1. The number of nitrogen functional groups attached to an aromatic ring is 1. The highest BCUT2D eigenvalue weighted by Gasteiger charge is 2.14. The lowest BCUT2D eigenvalue weighted by molar-refractivity contribution is 0.0602. The fourth-order valence-corrected chi connectivity index (χ4v) is 2.59. The number of carbonyl (C=O) groups excluding carboxylic acids is 1. The molecule has 2 rings (SSSR count). The van der Waals surface area contributed by atoms with Crippen molar-refractivity contribution >= 4 is 57.4 Å². The average Bonchev–Trinajstić information content (AvgIpc) is 2.43. The zero-order valence-corrected chi connectivity index (χ0v) is 13.4. The van der Waals surface area contributed by atoms with Crippen LogP contribution in [0.1, 0.15) is 10.4 Å². The number of hydrogen-bond acceptors (Lipinski definition) is 5. The van der Waals surface area contributed by atoms with E-state index in [9.17, 15) is 4.79 Å². The maximum absolute atomic E-state index is 11.6. The van der Waals surface area contributed by atoms with E-state index in [0.717, 1.165) is 9.26 Å². The molecule has 1 aromatic heterocycles. The van der Waals surface area contributed by atoms with Crippen LogP contribution in [0.15, 0.2) is 30.5 Å². The number of nitrogens with zero attached hydrogens (tertiary/aromatic N) is 1. The Balaban J connectivity index is 2.37. The molecule has 5 nitrogen and oxygen atoms in total. The van der Waals surface area contributed by atoms with Gasteiger partial charge in [0.15, 0.2) is 5.82 Å². The lowest BCUT2D eigenvalue weighted by atomic mass is 10.2. The number of esters is 1. The Morgan fingerprint density at radius 2 is 2.20 bits per heavy atom. The highest BCUT2D eigenvalue weighted by molar-refractivity contribution is 14.1. The normalized spacial score (nSPS) is 10.2. The molecule has 0 amide bonds. The quantitative estimate of drug-likeness (QED) is 0.606. The van der Waals surface area contributed by atoms with Crippen LogP contribution >= 0.6 is 34.2 Å². The number of hydrogen-bond donors (Lipinski definition) is 2. The molecule has 0 saturated carbocycles. The Morgan fingerprint density at radius 3 is 2.85 bits per heavy atom. The summed E-state index contributed by atoms with van der Waals surface area (Å²) in [6.07, 6.45) is 1.49. The number of nitrogens with one attached hydrogen (secondary N) is 1. The third-order valence-electron chi connectivity index (χ3n) is 2.58. The molecule has 0 aliphatic heterocycles. The average molecular weight is 404 g/mol. The van der Waals surface area contributed by atoms with E-state index in [2.05, 4.69) is 37.6 Å². The lowest BCUT2D eigenvalue weighted by Gasteiger charge is -2.12. The number of carbonyl (C=O) groups is 1. The van der Waals surface area contributed by atoms with Crippen molar-refractivity contribution in [1.82, 2.24) is 4.98 Å². The summed E-state index contributed by atoms with van der Waals surface area (Å²) in [5, 5.41) is 3.72. The van der Waals surface area contributed by atoms with E-state index in [1.54, 1.807) is 6.07 Å². The molecular formula is C13H11ClIN3O2. The Kier molecular flexibility index (Phi) is 4.66. The first kappa shape index (κ1) is 14.9. The van der Waals surface area contributed by atoms with Crippen LogP contribution in [0.5, 0.6) is 0 Å². The minimum atomic E-state index is -0.501. The van der Waals surface area contributed by atoms with Gasteiger partial charge in [-0.2, -0.15) is 0 Å². The van der Waals surface area contributed by atoms with Crippen molar-refractivity contribution in [3.63, 3.8) is 0 Å². The number of aromatic nitrogens is 1. The van der Waals surface area contributed by atoms with Gasteiger partial charge in [0.1, 0.15) is 0 Å². The molecule has 0 unspecified atom stereocenters. The highest BCUT2D eigenvalue weighted by Crippen LogP contribution is 2.28. The molecule has 0 fully saturated rings. The van der Waals surface area contributed by atoms with Gasteiger partial charge in [0.2, 0.25) is 0 Å². The summed E-state index contributed by atoms with van der Waals surface area (Å²) in [5.41, 5.74) is 7.25. The van der Waals surface area contributed by atoms with Crippen LogP contribution in [-0.4, -0.2) is 18.1 Å². The molecular weight excluding hydrogens is 393 g/mol. The van der Waals surface area contributed by atoms with E-state index in [1.807, 2.05) is 12.1 Å². The Morgan fingerprint density at radius 1 is 1.45 bits per heavy atom. The third-order valence-corrected chi connectivity index (χ3v) is 3.71. The Hall–Kier alpha value is -1.54. The van der Waals surface area contributed by atoms with Gasteiger partial charge >= 0.3 is 5.97 Å². The fourth-order valence-electron chi connectivity index (χ4n) is 1.58. The van der Waals surface area contributed by atoms with Crippen LogP contribution in [0.3, 0.4) is 0 Å². The first-order valence-electron chi connectivity index (χ1n) is 5.57. The minimum absolute atomic E-state index is 0.241. The van der Waals surface area contributed by atoms with Gasteiger partial charge in [-0.1, -0.05) is 11.6 Å². The molecule has 20 heavy (non-hydrogen) atoms. The molecule has 0 atom stereocenters. The van der Waals surface area contributed by atoms with Crippen molar-refractivity contribution < 1.29 is 9.53 Å². The van der Waals surface area contributed by atoms with E-state index in [0.29, 0.717) is 10.8 Å². The van der Waals surface area contributed by atoms with Gasteiger partial charge in [-0.05, 0) is 46.9 Å². The van der Waals surface area contributed by atoms with E-state index in [1.165, 1.54) is 19.4 Å². The summed E-state index contributed by atoms with van der Waals surface area (Å²) in [6.45, 7) is 0. The zero-order chi connectivity index (χ0) is 14.7. The van der Waals surface area contributed by atoms with Gasteiger partial charge in [-0.25, -0.2) is 9.78 Å². The highest BCUT2D eigenvalue weighted by atomic mass is 127. The van der Waals surface area contributed by atoms with Crippen molar-refractivity contribution in [3.05, 3.63) is 44.6 Å². The lowest BCUT2D eigenvalue weighted by Crippen LogP contribution is -2.09. The van der Waals surface area contributed by atoms with Crippen molar-refractivity contribution in [2.45, 2.75) is 0 Å². The molecule has 104 valence electrons. The molecule has 7 heteroatoms. The summed E-state index contributed by atoms with van der Waals surface area (Å²) < 4.78 is 5.58. The predicted octanol–water partition coefficient (Wildman–Crippen LogP) is 3.45. The molecule has 1 heterocycles. The molecule has 2 aromatic rings. The number of benzene rings is 1. The second-order valence-corrected chi connectivity index (χ2v) is 5.46. The number of ether oxygens (including phenoxy) is 1. The second-order valence-electron chi connectivity index (χ2n) is 3.86. The van der Waals surface area contributed by atoms with Gasteiger partial charge in [-0.3, -0.25) is 0 Å².